The molecule has 1 amide bonds. The number of nitrogens with one attached hydrogen (secondary N) is 1. The summed E-state index contributed by atoms with van der Waals surface area (Å²) in [4.78, 5) is 12.2. The summed E-state index contributed by atoms with van der Waals surface area (Å²) in [7, 11) is 0. The van der Waals surface area contributed by atoms with Crippen LogP contribution in [0.2, 0.25) is 0 Å². The van der Waals surface area contributed by atoms with Crippen molar-refractivity contribution in [1.82, 2.24) is 0 Å². The molecular weight excluding hydrogens is 284 g/mol. The fourth-order valence-electron chi connectivity index (χ4n) is 2.98. The summed E-state index contributed by atoms with van der Waals surface area (Å²) in [5.41, 5.74) is 8.91. The van der Waals surface area contributed by atoms with E-state index in [1.165, 1.54) is 0 Å². The summed E-state index contributed by atoms with van der Waals surface area (Å²) in [6, 6.07) is 17.2. The molecule has 0 aliphatic carbocycles. The molecule has 0 aromatic heterocycles. The van der Waals surface area contributed by atoms with Gasteiger partial charge in [0.1, 0.15) is 0 Å². The van der Waals surface area contributed by atoms with Gasteiger partial charge in [0.2, 0.25) is 0 Å². The second-order valence-electron chi connectivity index (χ2n) is 6.05. The average molecular weight is 310 g/mol. The minimum absolute atomic E-state index is 0.0977. The molecule has 0 saturated heterocycles. The molecule has 0 atom stereocenters. The van der Waals surface area contributed by atoms with Crippen LogP contribution in [-0.2, 0) is 5.54 Å². The molecule has 3 N–H and O–H groups in total. The van der Waals surface area contributed by atoms with Crippen molar-refractivity contribution in [2.75, 3.05) is 5.32 Å². The molecule has 3 heteroatoms. The largest absolute Gasteiger partial charge is 0.322 e. The number of rotatable bonds is 7. The number of carbonyl (C=O) groups is 1. The summed E-state index contributed by atoms with van der Waals surface area (Å²) in [6.45, 7) is 4.32. The van der Waals surface area contributed by atoms with E-state index < -0.39 is 0 Å². The molecule has 2 rings (SSSR count). The molecule has 0 unspecified atom stereocenters. The van der Waals surface area contributed by atoms with E-state index in [1.807, 2.05) is 42.5 Å². The van der Waals surface area contributed by atoms with Gasteiger partial charge in [0.25, 0.3) is 5.91 Å². The molecule has 0 bridgehead atoms. The van der Waals surface area contributed by atoms with Gasteiger partial charge in [-0.25, -0.2) is 0 Å². The number of carbonyl (C=O) groups excluding carboxylic acids is 1. The molecule has 122 valence electrons. The number of amides is 1. The Labute approximate surface area is 138 Å². The maximum atomic E-state index is 12.2. The third-order valence-electron chi connectivity index (χ3n) is 4.15. The van der Waals surface area contributed by atoms with Gasteiger partial charge in [0.05, 0.1) is 0 Å². The van der Waals surface area contributed by atoms with Crippen LogP contribution in [0.1, 0.15) is 55.5 Å². The third-order valence-corrected chi connectivity index (χ3v) is 4.15. The fraction of sp³-hybridized carbons (Fsp3) is 0.350. The van der Waals surface area contributed by atoms with Crippen LogP contribution in [-0.4, -0.2) is 5.91 Å². The number of hydrogen-bond acceptors (Lipinski definition) is 2. The van der Waals surface area contributed by atoms with Gasteiger partial charge in [-0.15, -0.1) is 0 Å². The Bertz CT molecular complexity index is 614. The van der Waals surface area contributed by atoms with E-state index in [0.717, 1.165) is 36.9 Å². The molecule has 2 aromatic carbocycles. The summed E-state index contributed by atoms with van der Waals surface area (Å²) < 4.78 is 0. The quantitative estimate of drug-likeness (QED) is 0.779. The van der Waals surface area contributed by atoms with Gasteiger partial charge < -0.3 is 11.1 Å². The SMILES string of the molecule is CCCC(N)(CCC)c1ccc(NC(=O)c2ccccc2)cc1. The Kier molecular flexibility index (Phi) is 5.94. The van der Waals surface area contributed by atoms with Gasteiger partial charge in [-0.2, -0.15) is 0 Å². The van der Waals surface area contributed by atoms with Crippen molar-refractivity contribution in [3.05, 3.63) is 65.7 Å². The molecule has 0 saturated carbocycles. The Balaban J connectivity index is 2.11. The Morgan fingerprint density at radius 2 is 1.52 bits per heavy atom. The Morgan fingerprint density at radius 1 is 0.957 bits per heavy atom. The van der Waals surface area contributed by atoms with Gasteiger partial charge >= 0.3 is 0 Å². The predicted octanol–water partition coefficient (Wildman–Crippen LogP) is 4.69. The highest BCUT2D eigenvalue weighted by Crippen LogP contribution is 2.29. The van der Waals surface area contributed by atoms with Crippen molar-refractivity contribution in [3.8, 4) is 0 Å². The van der Waals surface area contributed by atoms with Gasteiger partial charge in [-0.1, -0.05) is 57.0 Å². The predicted molar refractivity (Wildman–Crippen MR) is 96.5 cm³/mol. The molecule has 23 heavy (non-hydrogen) atoms. The van der Waals surface area contributed by atoms with Crippen LogP contribution in [0.25, 0.3) is 0 Å². The van der Waals surface area contributed by atoms with Crippen LogP contribution < -0.4 is 11.1 Å². The summed E-state index contributed by atoms with van der Waals surface area (Å²) in [5, 5.41) is 2.92. The molecule has 0 spiro atoms. The van der Waals surface area contributed by atoms with E-state index in [-0.39, 0.29) is 11.4 Å². The van der Waals surface area contributed by atoms with Crippen LogP contribution in [0.3, 0.4) is 0 Å². The first-order valence-electron chi connectivity index (χ1n) is 8.35. The first kappa shape index (κ1) is 17.2. The summed E-state index contributed by atoms with van der Waals surface area (Å²) in [6.07, 6.45) is 4.05. The van der Waals surface area contributed by atoms with Crippen molar-refractivity contribution in [1.29, 1.82) is 0 Å². The average Bonchev–Trinajstić information content (AvgIpc) is 2.56. The zero-order valence-electron chi connectivity index (χ0n) is 14.0. The molecule has 0 aliphatic rings. The number of anilines is 1. The topological polar surface area (TPSA) is 55.1 Å². The van der Waals surface area contributed by atoms with Gasteiger partial charge in [-0.3, -0.25) is 4.79 Å². The lowest BCUT2D eigenvalue weighted by molar-refractivity contribution is 0.102. The maximum absolute atomic E-state index is 12.2. The van der Waals surface area contributed by atoms with E-state index in [1.54, 1.807) is 12.1 Å². The van der Waals surface area contributed by atoms with E-state index in [0.29, 0.717) is 5.56 Å². The highest BCUT2D eigenvalue weighted by molar-refractivity contribution is 6.04. The first-order valence-corrected chi connectivity index (χ1v) is 8.35. The van der Waals surface area contributed by atoms with Crippen molar-refractivity contribution in [3.63, 3.8) is 0 Å². The van der Waals surface area contributed by atoms with Crippen LogP contribution in [0.15, 0.2) is 54.6 Å². The number of benzene rings is 2. The van der Waals surface area contributed by atoms with E-state index in [2.05, 4.69) is 19.2 Å². The van der Waals surface area contributed by atoms with Gasteiger partial charge in [0.15, 0.2) is 0 Å². The zero-order valence-corrected chi connectivity index (χ0v) is 14.0. The van der Waals surface area contributed by atoms with Gasteiger partial charge in [-0.05, 0) is 42.7 Å². The smallest absolute Gasteiger partial charge is 0.255 e. The van der Waals surface area contributed by atoms with Crippen LogP contribution >= 0.6 is 0 Å². The molecule has 0 fully saturated rings. The Hall–Kier alpha value is -2.13. The van der Waals surface area contributed by atoms with E-state index in [4.69, 9.17) is 5.73 Å². The molecule has 2 aromatic rings. The highest BCUT2D eigenvalue weighted by atomic mass is 16.1. The van der Waals surface area contributed by atoms with Gasteiger partial charge in [0, 0.05) is 16.8 Å². The summed E-state index contributed by atoms with van der Waals surface area (Å²) in [5.74, 6) is -0.0977. The third kappa shape index (κ3) is 4.42. The van der Waals surface area contributed by atoms with Crippen molar-refractivity contribution in [2.24, 2.45) is 5.73 Å². The minimum Gasteiger partial charge on any atom is -0.322 e. The molecular formula is C20H26N2O. The standard InChI is InChI=1S/C20H26N2O/c1-3-14-20(21,15-4-2)17-10-12-18(13-11-17)22-19(23)16-8-6-5-7-9-16/h5-13H,3-4,14-15,21H2,1-2H3,(H,22,23). The normalized spacial score (nSPS) is 11.3. The Morgan fingerprint density at radius 3 is 2.04 bits per heavy atom. The van der Waals surface area contributed by atoms with Crippen LogP contribution in [0.4, 0.5) is 5.69 Å². The van der Waals surface area contributed by atoms with Crippen molar-refractivity contribution in [2.45, 2.75) is 45.1 Å². The second-order valence-corrected chi connectivity index (χ2v) is 6.05. The van der Waals surface area contributed by atoms with Crippen molar-refractivity contribution >= 4 is 11.6 Å². The van der Waals surface area contributed by atoms with Crippen LogP contribution in [0, 0.1) is 0 Å². The van der Waals surface area contributed by atoms with Crippen molar-refractivity contribution < 1.29 is 4.79 Å². The monoisotopic (exact) mass is 310 g/mol. The second kappa shape index (κ2) is 7.93. The fourth-order valence-corrected chi connectivity index (χ4v) is 2.98. The van der Waals surface area contributed by atoms with E-state index in [9.17, 15) is 4.79 Å². The number of hydrogen-bond donors (Lipinski definition) is 2. The molecule has 0 heterocycles. The lowest BCUT2D eigenvalue weighted by atomic mass is 9.83. The lowest BCUT2D eigenvalue weighted by Crippen LogP contribution is -2.36. The van der Waals surface area contributed by atoms with Crippen LogP contribution in [0.5, 0.6) is 0 Å². The molecule has 3 nitrogen and oxygen atoms in total. The summed E-state index contributed by atoms with van der Waals surface area (Å²) >= 11 is 0. The minimum atomic E-state index is -0.272. The number of nitrogens with two attached hydrogens (primary N) is 1. The maximum Gasteiger partial charge on any atom is 0.255 e. The molecule has 0 aliphatic heterocycles. The van der Waals surface area contributed by atoms with E-state index >= 15 is 0 Å². The zero-order chi connectivity index (χ0) is 16.7. The first-order chi connectivity index (χ1) is 11.1. The molecule has 0 radical (unpaired) electrons. The lowest BCUT2D eigenvalue weighted by Gasteiger charge is -2.29. The highest BCUT2D eigenvalue weighted by Gasteiger charge is 2.25.